The average molecular weight is 625 g/mol. The molecule has 6 heteroatoms. The van der Waals surface area contributed by atoms with Crippen LogP contribution in [0.2, 0.25) is 0 Å². The van der Waals surface area contributed by atoms with Gasteiger partial charge in [0.1, 0.15) is 13.2 Å². The quantitative estimate of drug-likeness (QED) is 0.0410. The molecule has 0 aromatic rings. The Bertz CT molecular complexity index is 662. The molecule has 0 aromatic carbocycles. The zero-order valence-corrected chi connectivity index (χ0v) is 29.6. The van der Waals surface area contributed by atoms with Crippen molar-refractivity contribution in [2.45, 2.75) is 207 Å². The summed E-state index contributed by atoms with van der Waals surface area (Å²) in [4.78, 5) is 37.0. The molecule has 0 aromatic heterocycles. The number of hydrogen-bond acceptors (Lipinski definition) is 6. The molecule has 0 fully saturated rings. The van der Waals surface area contributed by atoms with Crippen molar-refractivity contribution in [1.82, 2.24) is 0 Å². The Hall–Kier alpha value is -1.59. The van der Waals surface area contributed by atoms with E-state index in [1.54, 1.807) is 0 Å². The number of carbonyl (C=O) groups excluding carboxylic acids is 3. The Labute approximate surface area is 272 Å². The number of esters is 3. The van der Waals surface area contributed by atoms with Gasteiger partial charge in [0.2, 0.25) is 0 Å². The predicted molar refractivity (Wildman–Crippen MR) is 183 cm³/mol. The van der Waals surface area contributed by atoms with Crippen LogP contribution in [0.3, 0.4) is 0 Å². The number of ether oxygens (including phenoxy) is 3. The van der Waals surface area contributed by atoms with Gasteiger partial charge in [0.15, 0.2) is 6.10 Å². The van der Waals surface area contributed by atoms with Crippen molar-refractivity contribution in [3.8, 4) is 0 Å². The van der Waals surface area contributed by atoms with Crippen molar-refractivity contribution in [2.75, 3.05) is 13.2 Å². The highest BCUT2D eigenvalue weighted by Gasteiger charge is 2.19. The van der Waals surface area contributed by atoms with Crippen molar-refractivity contribution < 1.29 is 28.6 Å². The van der Waals surface area contributed by atoms with E-state index >= 15 is 0 Å². The molecule has 0 aliphatic heterocycles. The maximum atomic E-state index is 12.4. The van der Waals surface area contributed by atoms with E-state index < -0.39 is 6.10 Å². The molecule has 0 N–H and O–H groups in total. The Morgan fingerprint density at radius 2 is 0.750 bits per heavy atom. The van der Waals surface area contributed by atoms with Crippen LogP contribution < -0.4 is 0 Å². The first kappa shape index (κ1) is 42.4. The summed E-state index contributed by atoms with van der Waals surface area (Å²) in [5.74, 6) is -0.0599. The van der Waals surface area contributed by atoms with Crippen molar-refractivity contribution in [1.29, 1.82) is 0 Å². The summed E-state index contributed by atoms with van der Waals surface area (Å²) >= 11 is 0. The molecule has 0 aliphatic rings. The van der Waals surface area contributed by atoms with Crippen LogP contribution in [0.25, 0.3) is 0 Å². The van der Waals surface area contributed by atoms with E-state index in [9.17, 15) is 14.4 Å². The first-order chi connectivity index (χ1) is 21.4. The fourth-order valence-corrected chi connectivity index (χ4v) is 5.39. The molecule has 0 saturated heterocycles. The summed E-state index contributed by atoms with van der Waals surface area (Å²) in [6, 6.07) is 0. The summed E-state index contributed by atoms with van der Waals surface area (Å²) < 4.78 is 16.4. The van der Waals surface area contributed by atoms with Crippen LogP contribution in [0, 0.1) is 5.92 Å². The van der Waals surface area contributed by atoms with Gasteiger partial charge in [0.25, 0.3) is 0 Å². The van der Waals surface area contributed by atoms with Gasteiger partial charge >= 0.3 is 17.9 Å². The smallest absolute Gasteiger partial charge is 0.306 e. The average Bonchev–Trinajstić information content (AvgIpc) is 3.00. The maximum Gasteiger partial charge on any atom is 0.306 e. The molecule has 1 atom stereocenters. The molecule has 0 unspecified atom stereocenters. The minimum absolute atomic E-state index is 0.0669. The highest BCUT2D eigenvalue weighted by molar-refractivity contribution is 5.71. The molecule has 0 amide bonds. The van der Waals surface area contributed by atoms with Crippen LogP contribution in [0.5, 0.6) is 0 Å². The van der Waals surface area contributed by atoms with E-state index in [0.29, 0.717) is 19.3 Å². The molecule has 6 nitrogen and oxygen atoms in total. The van der Waals surface area contributed by atoms with E-state index in [2.05, 4.69) is 27.7 Å². The molecule has 0 aliphatic carbocycles. The Kier molecular flexibility index (Phi) is 31.6. The number of unbranched alkanes of at least 4 members (excludes halogenated alkanes) is 20. The summed E-state index contributed by atoms with van der Waals surface area (Å²) in [5, 5.41) is 0. The normalized spacial score (nSPS) is 11.9. The van der Waals surface area contributed by atoms with E-state index in [4.69, 9.17) is 14.2 Å². The fraction of sp³-hybridized carbons (Fsp3) is 0.921. The van der Waals surface area contributed by atoms with Gasteiger partial charge in [-0.15, -0.1) is 0 Å². The van der Waals surface area contributed by atoms with Crippen molar-refractivity contribution in [3.05, 3.63) is 0 Å². The maximum absolute atomic E-state index is 12.4. The predicted octanol–water partition coefficient (Wildman–Crippen LogP) is 11.2. The van der Waals surface area contributed by atoms with Crippen LogP contribution in [0.1, 0.15) is 201 Å². The Balaban J connectivity index is 4.18. The highest BCUT2D eigenvalue weighted by Crippen LogP contribution is 2.15. The summed E-state index contributed by atoms with van der Waals surface area (Å²) in [7, 11) is 0. The lowest BCUT2D eigenvalue weighted by molar-refractivity contribution is -0.167. The molecule has 0 bridgehead atoms. The van der Waals surface area contributed by atoms with Crippen LogP contribution in [0.15, 0.2) is 0 Å². The molecule has 0 spiro atoms. The first-order valence-electron chi connectivity index (χ1n) is 18.9. The molecule has 44 heavy (non-hydrogen) atoms. The third-order valence-electron chi connectivity index (χ3n) is 8.29. The first-order valence-corrected chi connectivity index (χ1v) is 18.9. The number of rotatable bonds is 33. The van der Waals surface area contributed by atoms with Gasteiger partial charge in [0, 0.05) is 19.3 Å². The lowest BCUT2D eigenvalue weighted by Crippen LogP contribution is -2.30. The minimum Gasteiger partial charge on any atom is -0.462 e. The highest BCUT2D eigenvalue weighted by atomic mass is 16.6. The van der Waals surface area contributed by atoms with Crippen molar-refractivity contribution in [2.24, 2.45) is 5.92 Å². The topological polar surface area (TPSA) is 78.9 Å². The van der Waals surface area contributed by atoms with Gasteiger partial charge in [-0.25, -0.2) is 0 Å². The molecule has 0 rings (SSSR count). The Morgan fingerprint density at radius 1 is 0.432 bits per heavy atom. The zero-order chi connectivity index (χ0) is 32.5. The third-order valence-corrected chi connectivity index (χ3v) is 8.29. The monoisotopic (exact) mass is 625 g/mol. The second-order valence-electron chi connectivity index (χ2n) is 13.3. The number of carbonyl (C=O) groups is 3. The van der Waals surface area contributed by atoms with Gasteiger partial charge in [-0.05, 0) is 25.2 Å². The van der Waals surface area contributed by atoms with E-state index in [-0.39, 0.29) is 31.1 Å². The zero-order valence-electron chi connectivity index (χ0n) is 29.6. The van der Waals surface area contributed by atoms with Gasteiger partial charge in [-0.3, -0.25) is 14.4 Å². The molecular formula is C38H72O6. The molecular weight excluding hydrogens is 552 g/mol. The lowest BCUT2D eigenvalue weighted by Gasteiger charge is -2.18. The molecule has 0 heterocycles. The third kappa shape index (κ3) is 31.8. The van der Waals surface area contributed by atoms with Crippen LogP contribution in [-0.2, 0) is 28.6 Å². The van der Waals surface area contributed by atoms with Crippen molar-refractivity contribution in [3.63, 3.8) is 0 Å². The van der Waals surface area contributed by atoms with Gasteiger partial charge in [-0.1, -0.05) is 163 Å². The SMILES string of the molecule is CCCCCCCCCC(=O)OC[C@H](COC(=O)CCCCCCCCCCCCCC(C)C)OC(=O)CCCCCCC. The minimum atomic E-state index is -0.754. The summed E-state index contributed by atoms with van der Waals surface area (Å²) in [6.45, 7) is 8.83. The Morgan fingerprint density at radius 3 is 1.11 bits per heavy atom. The number of hydrogen-bond donors (Lipinski definition) is 0. The summed E-state index contributed by atoms with van der Waals surface area (Å²) in [5.41, 5.74) is 0. The van der Waals surface area contributed by atoms with Crippen LogP contribution >= 0.6 is 0 Å². The standard InChI is InChI=1S/C38H72O6/c1-5-7-9-11-17-22-25-29-36(39)42-32-35(44-38(41)31-27-20-10-8-6-2)33-43-37(40)30-26-23-19-16-14-12-13-15-18-21-24-28-34(3)4/h34-35H,5-33H2,1-4H3/t35-/m1/s1. The van der Waals surface area contributed by atoms with E-state index in [0.717, 1.165) is 70.1 Å². The van der Waals surface area contributed by atoms with Crippen LogP contribution in [-0.4, -0.2) is 37.2 Å². The molecule has 0 saturated carbocycles. The van der Waals surface area contributed by atoms with E-state index in [1.807, 2.05) is 0 Å². The van der Waals surface area contributed by atoms with E-state index in [1.165, 1.54) is 89.9 Å². The largest absolute Gasteiger partial charge is 0.462 e. The van der Waals surface area contributed by atoms with Gasteiger partial charge < -0.3 is 14.2 Å². The summed E-state index contributed by atoms with van der Waals surface area (Å²) in [6.07, 6.45) is 28.4. The second-order valence-corrected chi connectivity index (χ2v) is 13.3. The second kappa shape index (κ2) is 32.8. The fourth-order valence-electron chi connectivity index (χ4n) is 5.39. The molecule has 260 valence electrons. The van der Waals surface area contributed by atoms with Gasteiger partial charge in [-0.2, -0.15) is 0 Å². The van der Waals surface area contributed by atoms with Crippen molar-refractivity contribution >= 4 is 17.9 Å². The molecule has 0 radical (unpaired) electrons. The lowest BCUT2D eigenvalue weighted by atomic mass is 10.0. The van der Waals surface area contributed by atoms with Gasteiger partial charge in [0.05, 0.1) is 0 Å². The van der Waals surface area contributed by atoms with Crippen LogP contribution in [0.4, 0.5) is 0 Å².